The Morgan fingerprint density at radius 2 is 1.93 bits per heavy atom. The summed E-state index contributed by atoms with van der Waals surface area (Å²) in [5, 5.41) is 8.63. The molecule has 150 valence electrons. The molecule has 0 unspecified atom stereocenters. The maximum atomic E-state index is 13.2. The summed E-state index contributed by atoms with van der Waals surface area (Å²) >= 11 is 0. The van der Waals surface area contributed by atoms with Gasteiger partial charge in [-0.1, -0.05) is 17.7 Å². The lowest BCUT2D eigenvalue weighted by molar-refractivity contribution is -0.115. The van der Waals surface area contributed by atoms with Gasteiger partial charge in [-0.15, -0.1) is 0 Å². The molecular weight excluding hydrogens is 387 g/mol. The number of aromatic amines is 1. The summed E-state index contributed by atoms with van der Waals surface area (Å²) < 4.78 is 37.5. The monoisotopic (exact) mass is 403 g/mol. The molecule has 0 spiro atoms. The molecule has 0 saturated heterocycles. The minimum Gasteiger partial charge on any atom is -0.345 e. The van der Waals surface area contributed by atoms with Gasteiger partial charge < -0.3 is 5.32 Å². The summed E-state index contributed by atoms with van der Waals surface area (Å²) in [5.74, 6) is -0.00871. The molecule has 1 aliphatic heterocycles. The van der Waals surface area contributed by atoms with Gasteiger partial charge in [-0.3, -0.25) is 10.00 Å². The molecule has 1 aliphatic rings. The van der Waals surface area contributed by atoms with E-state index < -0.39 is 18.8 Å². The molecule has 1 aromatic carbocycles. The summed E-state index contributed by atoms with van der Waals surface area (Å²) in [6, 6.07) is 7.03. The molecule has 0 atom stereocenters. The number of carbonyl (C=O) groups excluding carboxylic acids is 1. The average Bonchev–Trinajstić information content (AvgIpc) is 3.20. The number of nitrogens with zero attached hydrogens (tertiary/aromatic N) is 5. The summed E-state index contributed by atoms with van der Waals surface area (Å²) in [6.07, 6.45) is -0.0557. The zero-order valence-electron chi connectivity index (χ0n) is 15.2. The molecule has 29 heavy (non-hydrogen) atoms. The Balaban J connectivity index is 1.73. The second kappa shape index (κ2) is 7.08. The number of fused-ring (bicyclic) bond motifs is 1. The lowest BCUT2D eigenvalue weighted by Crippen LogP contribution is -2.45. The predicted molar refractivity (Wildman–Crippen MR) is 100 cm³/mol. The van der Waals surface area contributed by atoms with Gasteiger partial charge in [0, 0.05) is 23.6 Å². The molecule has 0 aliphatic carbocycles. The van der Waals surface area contributed by atoms with Crippen LogP contribution < -0.4 is 15.1 Å². The Hall–Kier alpha value is -3.63. The van der Waals surface area contributed by atoms with E-state index in [1.54, 1.807) is 4.90 Å². The predicted octanol–water partition coefficient (Wildman–Crippen LogP) is 3.76. The molecule has 11 heteroatoms. The first-order chi connectivity index (χ1) is 13.8. The van der Waals surface area contributed by atoms with E-state index in [0.717, 1.165) is 5.56 Å². The normalized spacial score (nSPS) is 14.1. The highest BCUT2D eigenvalue weighted by atomic mass is 19.4. The topological polar surface area (TPSA) is 90.0 Å². The number of H-pyrrole nitrogens is 1. The zero-order chi connectivity index (χ0) is 20.6. The van der Waals surface area contributed by atoms with Crippen LogP contribution in [0, 0.1) is 6.92 Å². The highest BCUT2D eigenvalue weighted by Crippen LogP contribution is 2.35. The third kappa shape index (κ3) is 3.84. The fourth-order valence-corrected chi connectivity index (χ4v) is 2.94. The summed E-state index contributed by atoms with van der Waals surface area (Å²) in [7, 11) is 0. The minimum absolute atomic E-state index is 0.186. The van der Waals surface area contributed by atoms with Gasteiger partial charge in [0.15, 0.2) is 5.82 Å². The maximum absolute atomic E-state index is 13.2. The van der Waals surface area contributed by atoms with Crippen molar-refractivity contribution in [3.8, 4) is 0 Å². The maximum Gasteiger partial charge on any atom is 0.405 e. The fourth-order valence-electron chi connectivity index (χ4n) is 2.94. The largest absolute Gasteiger partial charge is 0.405 e. The molecule has 2 N–H and O–H groups in total. The smallest absolute Gasteiger partial charge is 0.345 e. The van der Waals surface area contributed by atoms with Gasteiger partial charge in [0.1, 0.15) is 6.54 Å². The summed E-state index contributed by atoms with van der Waals surface area (Å²) in [4.78, 5) is 24.2. The first kappa shape index (κ1) is 18.7. The fraction of sp³-hybridized carbons (Fsp3) is 0.222. The molecule has 0 radical (unpaired) electrons. The van der Waals surface area contributed by atoms with Crippen molar-refractivity contribution >= 4 is 29.2 Å². The number of carbonyl (C=O) groups is 1. The van der Waals surface area contributed by atoms with Crippen LogP contribution in [0.5, 0.6) is 0 Å². The van der Waals surface area contributed by atoms with Crippen molar-refractivity contribution in [2.75, 3.05) is 21.7 Å². The van der Waals surface area contributed by atoms with Crippen LogP contribution in [-0.4, -0.2) is 38.9 Å². The number of rotatable bonds is 4. The highest BCUT2D eigenvalue weighted by molar-refractivity contribution is 6.10. The van der Waals surface area contributed by atoms with Crippen LogP contribution in [0.15, 0.2) is 42.9 Å². The van der Waals surface area contributed by atoms with Crippen molar-refractivity contribution in [3.05, 3.63) is 54.0 Å². The van der Waals surface area contributed by atoms with Crippen LogP contribution in [0.4, 0.5) is 41.1 Å². The number of amides is 2. The van der Waals surface area contributed by atoms with Crippen LogP contribution in [0.3, 0.4) is 0 Å². The molecule has 0 fully saturated rings. The molecule has 3 heterocycles. The molecule has 2 amide bonds. The van der Waals surface area contributed by atoms with E-state index in [1.165, 1.54) is 23.5 Å². The van der Waals surface area contributed by atoms with Crippen molar-refractivity contribution in [1.29, 1.82) is 0 Å². The van der Waals surface area contributed by atoms with Gasteiger partial charge in [-0.05, 0) is 19.1 Å². The second-order valence-corrected chi connectivity index (χ2v) is 6.51. The van der Waals surface area contributed by atoms with Gasteiger partial charge in [0.25, 0.3) is 0 Å². The van der Waals surface area contributed by atoms with Crippen molar-refractivity contribution in [2.45, 2.75) is 19.6 Å². The van der Waals surface area contributed by atoms with E-state index in [2.05, 4.69) is 25.5 Å². The Labute approximate surface area is 163 Å². The van der Waals surface area contributed by atoms with E-state index in [-0.39, 0.29) is 18.3 Å². The number of hydrogen-bond donors (Lipinski definition) is 2. The molecule has 4 rings (SSSR count). The standard InChI is InChI=1S/C18H16F3N7O/c1-11-2-4-13(5-3-11)27-9-12-6-22-16(23-10-18(19,20)21)26-15(12)28(17(27)29)14-7-24-25-8-14/h2-8H,9-10H2,1H3,(H,24,25)(H,22,23,26). The van der Waals surface area contributed by atoms with Crippen LogP contribution in [0.2, 0.25) is 0 Å². The van der Waals surface area contributed by atoms with E-state index in [9.17, 15) is 18.0 Å². The minimum atomic E-state index is -4.42. The third-order valence-electron chi connectivity index (χ3n) is 4.34. The average molecular weight is 403 g/mol. The first-order valence-corrected chi connectivity index (χ1v) is 8.65. The van der Waals surface area contributed by atoms with Gasteiger partial charge in [-0.25, -0.2) is 14.7 Å². The van der Waals surface area contributed by atoms with Gasteiger partial charge in [0.2, 0.25) is 5.95 Å². The van der Waals surface area contributed by atoms with E-state index >= 15 is 0 Å². The number of aryl methyl sites for hydroxylation is 1. The summed E-state index contributed by atoms with van der Waals surface area (Å²) in [6.45, 7) is 0.851. The van der Waals surface area contributed by atoms with Gasteiger partial charge in [0.05, 0.1) is 18.4 Å². The van der Waals surface area contributed by atoms with Crippen LogP contribution in [-0.2, 0) is 6.54 Å². The second-order valence-electron chi connectivity index (χ2n) is 6.51. The SMILES string of the molecule is Cc1ccc(N2Cc3cnc(NCC(F)(F)F)nc3N(c3cn[nH]c3)C2=O)cc1. The van der Waals surface area contributed by atoms with Crippen LogP contribution in [0.25, 0.3) is 0 Å². The summed E-state index contributed by atoms with van der Waals surface area (Å²) in [5.41, 5.74) is 2.73. The van der Waals surface area contributed by atoms with E-state index in [4.69, 9.17) is 0 Å². The number of hydrogen-bond acceptors (Lipinski definition) is 5. The molecule has 0 bridgehead atoms. The number of halogens is 3. The highest BCUT2D eigenvalue weighted by Gasteiger charge is 2.35. The number of anilines is 4. The van der Waals surface area contributed by atoms with Gasteiger partial charge in [-0.2, -0.15) is 23.3 Å². The van der Waals surface area contributed by atoms with E-state index in [1.807, 2.05) is 31.2 Å². The molecular formula is C18H16F3N7O. The molecule has 0 saturated carbocycles. The van der Waals surface area contributed by atoms with Crippen molar-refractivity contribution in [3.63, 3.8) is 0 Å². The Morgan fingerprint density at radius 1 is 1.17 bits per heavy atom. The zero-order valence-corrected chi connectivity index (χ0v) is 15.2. The number of alkyl halides is 3. The number of urea groups is 1. The van der Waals surface area contributed by atoms with Crippen LogP contribution in [0.1, 0.15) is 11.1 Å². The van der Waals surface area contributed by atoms with Crippen LogP contribution >= 0.6 is 0 Å². The third-order valence-corrected chi connectivity index (χ3v) is 4.34. The Kier molecular flexibility index (Phi) is 4.57. The first-order valence-electron chi connectivity index (χ1n) is 8.65. The molecule has 8 nitrogen and oxygen atoms in total. The van der Waals surface area contributed by atoms with Crippen molar-refractivity contribution in [1.82, 2.24) is 20.2 Å². The lowest BCUT2D eigenvalue weighted by atomic mass is 10.1. The Morgan fingerprint density at radius 3 is 2.59 bits per heavy atom. The molecule has 2 aromatic heterocycles. The van der Waals surface area contributed by atoms with E-state index in [0.29, 0.717) is 16.9 Å². The lowest BCUT2D eigenvalue weighted by Gasteiger charge is -2.35. The van der Waals surface area contributed by atoms with Gasteiger partial charge >= 0.3 is 12.2 Å². The number of benzene rings is 1. The number of nitrogens with one attached hydrogen (secondary N) is 2. The van der Waals surface area contributed by atoms with Crippen molar-refractivity contribution < 1.29 is 18.0 Å². The van der Waals surface area contributed by atoms with Crippen molar-refractivity contribution in [2.24, 2.45) is 0 Å². The quantitative estimate of drug-likeness (QED) is 0.692. The number of aromatic nitrogens is 4. The molecule has 3 aromatic rings. The Bertz CT molecular complexity index is 1020.